The molecule has 0 aliphatic carbocycles. The number of ether oxygens (including phenoxy) is 2. The molecule has 0 bridgehead atoms. The number of aryl methyl sites for hydroxylation is 2. The average Bonchev–Trinajstić information content (AvgIpc) is 2.60. The maximum absolute atomic E-state index is 11.9. The molecule has 6 nitrogen and oxygen atoms in total. The van der Waals surface area contributed by atoms with Crippen LogP contribution in [0.4, 0.5) is 0 Å². The molecular formula is C18H18Br2N2O4. The number of methoxy groups -OCH3 is 1. The fourth-order valence-electron chi connectivity index (χ4n) is 2.19. The number of nitrogens with one attached hydrogen (secondary N) is 1. The predicted molar refractivity (Wildman–Crippen MR) is 107 cm³/mol. The summed E-state index contributed by atoms with van der Waals surface area (Å²) in [7, 11) is 1.45. The van der Waals surface area contributed by atoms with Crippen LogP contribution in [0.1, 0.15) is 16.7 Å². The van der Waals surface area contributed by atoms with E-state index in [1.54, 1.807) is 6.07 Å². The smallest absolute Gasteiger partial charge is 0.277 e. The van der Waals surface area contributed by atoms with Crippen molar-refractivity contribution in [2.45, 2.75) is 13.8 Å². The topological polar surface area (TPSA) is 80.2 Å². The van der Waals surface area contributed by atoms with Gasteiger partial charge in [0.25, 0.3) is 5.91 Å². The molecule has 0 radical (unpaired) electrons. The quantitative estimate of drug-likeness (QED) is 0.477. The van der Waals surface area contributed by atoms with Crippen LogP contribution in [0.2, 0.25) is 0 Å². The molecule has 0 fully saturated rings. The van der Waals surface area contributed by atoms with Crippen LogP contribution >= 0.6 is 31.9 Å². The lowest BCUT2D eigenvalue weighted by Gasteiger charge is -2.10. The molecule has 0 unspecified atom stereocenters. The zero-order valence-electron chi connectivity index (χ0n) is 14.5. The maximum atomic E-state index is 11.9. The monoisotopic (exact) mass is 484 g/mol. The Bertz CT molecular complexity index is 854. The Balaban J connectivity index is 2.00. The maximum Gasteiger partial charge on any atom is 0.277 e. The third kappa shape index (κ3) is 4.98. The predicted octanol–water partition coefficient (Wildman–Crippen LogP) is 4.07. The van der Waals surface area contributed by atoms with Crippen LogP contribution in [0.25, 0.3) is 0 Å². The van der Waals surface area contributed by atoms with E-state index in [2.05, 4.69) is 42.4 Å². The highest BCUT2D eigenvalue weighted by Crippen LogP contribution is 2.39. The van der Waals surface area contributed by atoms with Crippen LogP contribution in [0.3, 0.4) is 0 Å². The van der Waals surface area contributed by atoms with Gasteiger partial charge in [-0.2, -0.15) is 5.10 Å². The number of carbonyl (C=O) groups is 1. The Hall–Kier alpha value is -2.06. The van der Waals surface area contributed by atoms with Gasteiger partial charge in [-0.25, -0.2) is 5.43 Å². The van der Waals surface area contributed by atoms with Crippen LogP contribution in [-0.4, -0.2) is 30.9 Å². The van der Waals surface area contributed by atoms with E-state index in [0.717, 1.165) is 11.1 Å². The fourth-order valence-corrected chi connectivity index (χ4v) is 3.02. The molecule has 1 amide bonds. The van der Waals surface area contributed by atoms with Crippen molar-refractivity contribution in [1.29, 1.82) is 0 Å². The summed E-state index contributed by atoms with van der Waals surface area (Å²) in [5, 5.41) is 14.0. The third-order valence-electron chi connectivity index (χ3n) is 3.48. The summed E-state index contributed by atoms with van der Waals surface area (Å²) < 4.78 is 11.8. The van der Waals surface area contributed by atoms with Gasteiger partial charge in [-0.05, 0) is 63.4 Å². The van der Waals surface area contributed by atoms with Crippen molar-refractivity contribution >= 4 is 44.0 Å². The van der Waals surface area contributed by atoms with Crippen molar-refractivity contribution < 1.29 is 19.4 Å². The minimum absolute atomic E-state index is 0.0906. The summed E-state index contributed by atoms with van der Waals surface area (Å²) in [6, 6.07) is 7.34. The van der Waals surface area contributed by atoms with Crippen LogP contribution < -0.4 is 14.9 Å². The van der Waals surface area contributed by atoms with Crippen LogP contribution in [0.15, 0.2) is 38.3 Å². The molecule has 2 rings (SSSR count). The van der Waals surface area contributed by atoms with Crippen molar-refractivity contribution in [3.63, 3.8) is 0 Å². The van der Waals surface area contributed by atoms with E-state index in [0.29, 0.717) is 20.3 Å². The molecule has 2 N–H and O–H groups in total. The van der Waals surface area contributed by atoms with Crippen molar-refractivity contribution in [1.82, 2.24) is 5.43 Å². The standard InChI is InChI=1S/C18H18Br2N2O4/c1-10-4-5-14(11(2)6-10)26-9-16(23)22-21-8-12-17(20)13(19)7-15(25-3)18(12)24/h4-8,24H,9H2,1-3H3,(H,22,23)/b21-8-. The van der Waals surface area contributed by atoms with Crippen molar-refractivity contribution in [3.05, 3.63) is 49.9 Å². The molecule has 138 valence electrons. The number of benzene rings is 2. The van der Waals surface area contributed by atoms with Gasteiger partial charge in [0.1, 0.15) is 5.75 Å². The number of rotatable bonds is 6. The molecule has 0 atom stereocenters. The Kier molecular flexibility index (Phi) is 7.05. The third-order valence-corrected chi connectivity index (χ3v) is 5.50. The van der Waals surface area contributed by atoms with Gasteiger partial charge in [-0.1, -0.05) is 17.7 Å². The average molecular weight is 486 g/mol. The van der Waals surface area contributed by atoms with Crippen LogP contribution in [-0.2, 0) is 4.79 Å². The molecule has 0 aliphatic rings. The zero-order valence-corrected chi connectivity index (χ0v) is 17.6. The second kappa shape index (κ2) is 9.05. The lowest BCUT2D eigenvalue weighted by molar-refractivity contribution is -0.123. The Morgan fingerprint density at radius 2 is 2.00 bits per heavy atom. The minimum atomic E-state index is -0.418. The number of halogens is 2. The number of hydrogen-bond donors (Lipinski definition) is 2. The summed E-state index contributed by atoms with van der Waals surface area (Å²) in [4.78, 5) is 11.9. The van der Waals surface area contributed by atoms with E-state index in [-0.39, 0.29) is 18.1 Å². The summed E-state index contributed by atoms with van der Waals surface area (Å²) in [5.74, 6) is 0.420. The fraction of sp³-hybridized carbons (Fsp3) is 0.222. The molecule has 0 heterocycles. The second-order valence-corrected chi connectivity index (χ2v) is 7.14. The number of phenolic OH excluding ortho intramolecular Hbond substituents is 1. The summed E-state index contributed by atoms with van der Waals surface area (Å²) >= 11 is 6.69. The van der Waals surface area contributed by atoms with E-state index < -0.39 is 5.91 Å². The molecule has 2 aromatic rings. The summed E-state index contributed by atoms with van der Waals surface area (Å²) in [6.45, 7) is 3.73. The molecule has 0 saturated carbocycles. The van der Waals surface area contributed by atoms with Crippen molar-refractivity contribution in [2.24, 2.45) is 5.10 Å². The Morgan fingerprint density at radius 1 is 1.27 bits per heavy atom. The molecule has 2 aromatic carbocycles. The van der Waals surface area contributed by atoms with E-state index >= 15 is 0 Å². The minimum Gasteiger partial charge on any atom is -0.504 e. The highest BCUT2D eigenvalue weighted by atomic mass is 79.9. The number of aromatic hydroxyl groups is 1. The number of hydrazone groups is 1. The summed E-state index contributed by atoms with van der Waals surface area (Å²) in [6.07, 6.45) is 1.32. The van der Waals surface area contributed by atoms with Gasteiger partial charge in [-0.3, -0.25) is 4.79 Å². The van der Waals surface area contributed by atoms with Crippen molar-refractivity contribution in [3.8, 4) is 17.2 Å². The van der Waals surface area contributed by atoms with Gasteiger partial charge in [0.2, 0.25) is 0 Å². The normalized spacial score (nSPS) is 10.8. The molecule has 8 heteroatoms. The number of nitrogens with zero attached hydrogens (tertiary/aromatic N) is 1. The highest BCUT2D eigenvalue weighted by Gasteiger charge is 2.14. The lowest BCUT2D eigenvalue weighted by Crippen LogP contribution is -2.24. The summed E-state index contributed by atoms with van der Waals surface area (Å²) in [5.41, 5.74) is 4.81. The van der Waals surface area contributed by atoms with E-state index in [1.807, 2.05) is 32.0 Å². The zero-order chi connectivity index (χ0) is 19.3. The van der Waals surface area contributed by atoms with E-state index in [9.17, 15) is 9.90 Å². The Morgan fingerprint density at radius 3 is 2.65 bits per heavy atom. The van der Waals surface area contributed by atoms with Gasteiger partial charge < -0.3 is 14.6 Å². The first-order chi connectivity index (χ1) is 12.3. The molecule has 0 aliphatic heterocycles. The van der Waals surface area contributed by atoms with Gasteiger partial charge in [0.05, 0.1) is 18.9 Å². The first kappa shape index (κ1) is 20.3. The second-order valence-electron chi connectivity index (χ2n) is 5.49. The number of hydrogen-bond acceptors (Lipinski definition) is 5. The lowest BCUT2D eigenvalue weighted by atomic mass is 10.1. The van der Waals surface area contributed by atoms with Gasteiger partial charge >= 0.3 is 0 Å². The first-order valence-corrected chi connectivity index (χ1v) is 9.19. The molecule has 0 spiro atoms. The van der Waals surface area contributed by atoms with Gasteiger partial charge in [0, 0.05) is 8.95 Å². The molecule has 0 aromatic heterocycles. The highest BCUT2D eigenvalue weighted by molar-refractivity contribution is 9.13. The van der Waals surface area contributed by atoms with Gasteiger partial charge in [0.15, 0.2) is 18.1 Å². The van der Waals surface area contributed by atoms with Crippen molar-refractivity contribution in [2.75, 3.05) is 13.7 Å². The molecular weight excluding hydrogens is 468 g/mol. The van der Waals surface area contributed by atoms with Crippen LogP contribution in [0.5, 0.6) is 17.2 Å². The molecule has 0 saturated heterocycles. The first-order valence-electron chi connectivity index (χ1n) is 7.60. The number of carbonyl (C=O) groups excluding carboxylic acids is 1. The molecule has 26 heavy (non-hydrogen) atoms. The van der Waals surface area contributed by atoms with Crippen LogP contribution in [0, 0.1) is 13.8 Å². The number of amides is 1. The van der Waals surface area contributed by atoms with Gasteiger partial charge in [-0.15, -0.1) is 0 Å². The SMILES string of the molecule is COc1cc(Br)c(Br)c(/C=N\NC(=O)COc2ccc(C)cc2C)c1O. The van der Waals surface area contributed by atoms with E-state index in [4.69, 9.17) is 9.47 Å². The number of phenols is 1. The van der Waals surface area contributed by atoms with E-state index in [1.165, 1.54) is 13.3 Å². The largest absolute Gasteiger partial charge is 0.504 e. The Labute approximate surface area is 168 Å².